The number of nitrogens with one attached hydrogen (secondary N) is 2. The van der Waals surface area contributed by atoms with E-state index in [-0.39, 0.29) is 11.2 Å². The molecule has 0 saturated carbocycles. The highest BCUT2D eigenvalue weighted by Crippen LogP contribution is 2.30. The van der Waals surface area contributed by atoms with Gasteiger partial charge in [0.1, 0.15) is 0 Å². The molecule has 0 saturated heterocycles. The molecule has 0 spiro atoms. The number of hydrogen-bond donors (Lipinski definition) is 2. The van der Waals surface area contributed by atoms with Crippen LogP contribution in [0.1, 0.15) is 29.7 Å². The van der Waals surface area contributed by atoms with Gasteiger partial charge in [-0.2, -0.15) is 13.2 Å². The maximum Gasteiger partial charge on any atom is 0.416 e. The summed E-state index contributed by atoms with van der Waals surface area (Å²) < 4.78 is 38.1. The predicted octanol–water partition coefficient (Wildman–Crippen LogP) is 5.06. The summed E-state index contributed by atoms with van der Waals surface area (Å²) in [5.74, 6) is 0. The number of alkyl halides is 3. The third-order valence-corrected chi connectivity index (χ3v) is 3.59. The molecule has 2 rings (SSSR count). The number of halogens is 3. The van der Waals surface area contributed by atoms with Crippen molar-refractivity contribution in [2.45, 2.75) is 26.1 Å². The Labute approximate surface area is 138 Å². The zero-order valence-electron chi connectivity index (χ0n) is 12.7. The lowest BCUT2D eigenvalue weighted by molar-refractivity contribution is -0.137. The highest BCUT2D eigenvalue weighted by atomic mass is 32.1. The third kappa shape index (κ3) is 4.96. The molecule has 0 bridgehead atoms. The number of aryl methyl sites for hydroxylation is 1. The Hall–Kier alpha value is -2.08. The maximum atomic E-state index is 12.7. The molecule has 23 heavy (non-hydrogen) atoms. The van der Waals surface area contributed by atoms with E-state index in [1.54, 1.807) is 6.07 Å². The van der Waals surface area contributed by atoms with Crippen LogP contribution in [0.4, 0.5) is 18.9 Å². The van der Waals surface area contributed by atoms with E-state index in [1.165, 1.54) is 6.07 Å². The van der Waals surface area contributed by atoms with E-state index >= 15 is 0 Å². The van der Waals surface area contributed by atoms with Crippen LogP contribution < -0.4 is 10.6 Å². The lowest BCUT2D eigenvalue weighted by Crippen LogP contribution is -2.31. The third-order valence-electron chi connectivity index (χ3n) is 3.37. The van der Waals surface area contributed by atoms with Crippen LogP contribution in [0, 0.1) is 6.92 Å². The molecular weight excluding hydrogens is 321 g/mol. The second-order valence-corrected chi connectivity index (χ2v) is 5.72. The first-order valence-corrected chi connectivity index (χ1v) is 7.48. The highest BCUT2D eigenvalue weighted by Gasteiger charge is 2.30. The Morgan fingerprint density at radius 1 is 1.09 bits per heavy atom. The summed E-state index contributed by atoms with van der Waals surface area (Å²) in [6.07, 6.45) is -4.37. The van der Waals surface area contributed by atoms with Crippen LogP contribution in [0.15, 0.2) is 48.5 Å². The Morgan fingerprint density at radius 3 is 2.35 bits per heavy atom. The fourth-order valence-electron chi connectivity index (χ4n) is 2.08. The lowest BCUT2D eigenvalue weighted by Gasteiger charge is -2.18. The van der Waals surface area contributed by atoms with Gasteiger partial charge in [-0.3, -0.25) is 0 Å². The zero-order valence-corrected chi connectivity index (χ0v) is 13.6. The van der Waals surface area contributed by atoms with Gasteiger partial charge in [0, 0.05) is 5.69 Å². The molecule has 0 aliphatic carbocycles. The minimum atomic E-state index is -4.37. The van der Waals surface area contributed by atoms with Crippen molar-refractivity contribution in [3.8, 4) is 0 Å². The van der Waals surface area contributed by atoms with Gasteiger partial charge in [0.05, 0.1) is 11.6 Å². The molecule has 0 heterocycles. The summed E-state index contributed by atoms with van der Waals surface area (Å²) in [7, 11) is 0. The molecule has 122 valence electrons. The average Bonchev–Trinajstić information content (AvgIpc) is 2.47. The molecule has 1 atom stereocenters. The monoisotopic (exact) mass is 338 g/mol. The summed E-state index contributed by atoms with van der Waals surface area (Å²) >= 11 is 5.17. The molecule has 0 fully saturated rings. The first-order chi connectivity index (χ1) is 10.8. The van der Waals surface area contributed by atoms with Crippen molar-refractivity contribution in [3.63, 3.8) is 0 Å². The second kappa shape index (κ2) is 7.00. The molecule has 0 unspecified atom stereocenters. The summed E-state index contributed by atoms with van der Waals surface area (Å²) in [6, 6.07) is 12.9. The van der Waals surface area contributed by atoms with Crippen molar-refractivity contribution in [2.24, 2.45) is 0 Å². The van der Waals surface area contributed by atoms with Crippen molar-refractivity contribution in [3.05, 3.63) is 65.2 Å². The number of benzene rings is 2. The SMILES string of the molecule is Cc1ccc([C@@H](C)NC(=S)Nc2cccc(C(F)(F)F)c2)cc1. The van der Waals surface area contributed by atoms with Gasteiger partial charge < -0.3 is 10.6 Å². The van der Waals surface area contributed by atoms with E-state index < -0.39 is 11.7 Å². The lowest BCUT2D eigenvalue weighted by atomic mass is 10.1. The van der Waals surface area contributed by atoms with Gasteiger partial charge in [-0.05, 0) is 49.8 Å². The molecule has 6 heteroatoms. The van der Waals surface area contributed by atoms with Crippen molar-refractivity contribution in [1.82, 2.24) is 5.32 Å². The van der Waals surface area contributed by atoms with E-state index in [0.29, 0.717) is 5.69 Å². The van der Waals surface area contributed by atoms with E-state index in [4.69, 9.17) is 12.2 Å². The summed E-state index contributed by atoms with van der Waals surface area (Å²) in [5, 5.41) is 6.12. The van der Waals surface area contributed by atoms with Crippen LogP contribution in [-0.2, 0) is 6.18 Å². The molecule has 2 N–H and O–H groups in total. The van der Waals surface area contributed by atoms with Crippen molar-refractivity contribution in [1.29, 1.82) is 0 Å². The van der Waals surface area contributed by atoms with Gasteiger partial charge in [-0.25, -0.2) is 0 Å². The number of rotatable bonds is 3. The van der Waals surface area contributed by atoms with Crippen LogP contribution in [0.5, 0.6) is 0 Å². The van der Waals surface area contributed by atoms with Crippen LogP contribution in [-0.4, -0.2) is 5.11 Å². The van der Waals surface area contributed by atoms with Crippen LogP contribution in [0.3, 0.4) is 0 Å². The standard InChI is InChI=1S/C17H17F3N2S/c1-11-6-8-13(9-7-11)12(2)21-16(23)22-15-5-3-4-14(10-15)17(18,19)20/h3-10,12H,1-2H3,(H2,21,22,23)/t12-/m1/s1. The van der Waals surface area contributed by atoms with Gasteiger partial charge in [0.25, 0.3) is 0 Å². The molecular formula is C17H17F3N2S. The number of hydrogen-bond acceptors (Lipinski definition) is 1. The zero-order chi connectivity index (χ0) is 17.0. The smallest absolute Gasteiger partial charge is 0.356 e. The van der Waals surface area contributed by atoms with Crippen LogP contribution >= 0.6 is 12.2 Å². The second-order valence-electron chi connectivity index (χ2n) is 5.31. The molecule has 0 aliphatic rings. The molecule has 0 aliphatic heterocycles. The molecule has 2 aromatic carbocycles. The molecule has 2 nitrogen and oxygen atoms in total. The maximum absolute atomic E-state index is 12.7. The quantitative estimate of drug-likeness (QED) is 0.765. The minimum Gasteiger partial charge on any atom is -0.356 e. The van der Waals surface area contributed by atoms with Gasteiger partial charge in [-0.1, -0.05) is 35.9 Å². The fourth-order valence-corrected chi connectivity index (χ4v) is 2.37. The Morgan fingerprint density at radius 2 is 1.74 bits per heavy atom. The van der Waals surface area contributed by atoms with Gasteiger partial charge in [0.15, 0.2) is 5.11 Å². The Balaban J connectivity index is 2.01. The van der Waals surface area contributed by atoms with Crippen molar-refractivity contribution >= 4 is 23.0 Å². The summed E-state index contributed by atoms with van der Waals surface area (Å²) in [6.45, 7) is 3.94. The minimum absolute atomic E-state index is 0.0543. The summed E-state index contributed by atoms with van der Waals surface area (Å²) in [4.78, 5) is 0. The highest BCUT2D eigenvalue weighted by molar-refractivity contribution is 7.80. The normalized spacial score (nSPS) is 12.6. The van der Waals surface area contributed by atoms with Crippen molar-refractivity contribution in [2.75, 3.05) is 5.32 Å². The van der Waals surface area contributed by atoms with Gasteiger partial charge >= 0.3 is 6.18 Å². The van der Waals surface area contributed by atoms with Crippen LogP contribution in [0.2, 0.25) is 0 Å². The Kier molecular flexibility index (Phi) is 5.26. The first-order valence-electron chi connectivity index (χ1n) is 7.07. The Bertz CT molecular complexity index is 681. The average molecular weight is 338 g/mol. The van der Waals surface area contributed by atoms with E-state index in [2.05, 4.69) is 10.6 Å². The van der Waals surface area contributed by atoms with Gasteiger partial charge in [0.2, 0.25) is 0 Å². The molecule has 0 amide bonds. The molecule has 2 aromatic rings. The van der Waals surface area contributed by atoms with E-state index in [9.17, 15) is 13.2 Å². The van der Waals surface area contributed by atoms with Crippen molar-refractivity contribution < 1.29 is 13.2 Å². The number of anilines is 1. The first kappa shape index (κ1) is 17.3. The number of thiocarbonyl (C=S) groups is 1. The molecule has 0 radical (unpaired) electrons. The summed E-state index contributed by atoms with van der Waals surface area (Å²) in [5.41, 5.74) is 1.79. The van der Waals surface area contributed by atoms with Crippen LogP contribution in [0.25, 0.3) is 0 Å². The fraction of sp³-hybridized carbons (Fsp3) is 0.235. The van der Waals surface area contributed by atoms with E-state index in [1.807, 2.05) is 38.1 Å². The topological polar surface area (TPSA) is 24.1 Å². The predicted molar refractivity (Wildman–Crippen MR) is 90.4 cm³/mol. The largest absolute Gasteiger partial charge is 0.416 e. The molecule has 0 aromatic heterocycles. The van der Waals surface area contributed by atoms with E-state index in [0.717, 1.165) is 23.3 Å². The van der Waals surface area contributed by atoms with Gasteiger partial charge in [-0.15, -0.1) is 0 Å².